The fourth-order valence-corrected chi connectivity index (χ4v) is 2.93. The summed E-state index contributed by atoms with van der Waals surface area (Å²) in [5.41, 5.74) is 0. The molecule has 0 aromatic rings. The number of rotatable bonds is 4. The molecule has 17 heavy (non-hydrogen) atoms. The predicted molar refractivity (Wildman–Crippen MR) is 78.8 cm³/mol. The third-order valence-corrected chi connectivity index (χ3v) is 4.49. The Morgan fingerprint density at radius 2 is 2.06 bits per heavy atom. The third-order valence-electron chi connectivity index (χ3n) is 3.30. The second-order valence-corrected chi connectivity index (χ2v) is 6.73. The van der Waals surface area contributed by atoms with E-state index in [0.717, 1.165) is 11.7 Å². The molecule has 3 nitrogen and oxygen atoms in total. The van der Waals surface area contributed by atoms with E-state index in [9.17, 15) is 0 Å². The number of hydrogen-bond donors (Lipinski definition) is 1. The Bertz CT molecular complexity index is 263. The zero-order valence-corrected chi connectivity index (χ0v) is 12.8. The van der Waals surface area contributed by atoms with Crippen LogP contribution in [0.15, 0.2) is 4.99 Å². The molecule has 0 spiro atoms. The van der Waals surface area contributed by atoms with E-state index in [0.29, 0.717) is 23.9 Å². The van der Waals surface area contributed by atoms with Gasteiger partial charge in [-0.15, -0.1) is 0 Å². The van der Waals surface area contributed by atoms with Crippen LogP contribution in [0.3, 0.4) is 0 Å². The second kappa shape index (κ2) is 6.64. The number of hydrogen-bond acceptors (Lipinski definition) is 4. The first-order valence-electron chi connectivity index (χ1n) is 6.52. The fourth-order valence-electron chi connectivity index (χ4n) is 1.75. The first-order valence-corrected chi connectivity index (χ1v) is 7.50. The van der Waals surface area contributed by atoms with Gasteiger partial charge in [-0.3, -0.25) is 4.99 Å². The Morgan fingerprint density at radius 1 is 1.41 bits per heavy atom. The number of likely N-dealkylation sites (N-methyl/N-ethyl adjacent to an activating group) is 1. The summed E-state index contributed by atoms with van der Waals surface area (Å²) >= 11 is 1.87. The van der Waals surface area contributed by atoms with Crippen LogP contribution in [0.1, 0.15) is 27.7 Å². The second-order valence-electron chi connectivity index (χ2n) is 5.72. The van der Waals surface area contributed by atoms with Crippen LogP contribution in [0.4, 0.5) is 0 Å². The van der Waals surface area contributed by atoms with Crippen molar-refractivity contribution in [2.75, 3.05) is 26.4 Å². The molecule has 0 aliphatic carbocycles. The highest BCUT2D eigenvalue weighted by Gasteiger charge is 2.22. The number of thioether (sulfide) groups is 1. The first kappa shape index (κ1) is 14.8. The molecule has 1 aliphatic rings. The maximum absolute atomic E-state index is 4.74. The van der Waals surface area contributed by atoms with Gasteiger partial charge in [0, 0.05) is 18.3 Å². The summed E-state index contributed by atoms with van der Waals surface area (Å²) in [7, 11) is 4.25. The number of nitrogens with zero attached hydrogens (tertiary/aromatic N) is 2. The highest BCUT2D eigenvalue weighted by molar-refractivity contribution is 8.13. The minimum Gasteiger partial charge on any atom is -0.361 e. The highest BCUT2D eigenvalue weighted by Crippen LogP contribution is 2.22. The number of aliphatic imine (C=N–C) groups is 1. The van der Waals surface area contributed by atoms with E-state index < -0.39 is 0 Å². The van der Waals surface area contributed by atoms with Crippen LogP contribution in [0.25, 0.3) is 0 Å². The van der Waals surface area contributed by atoms with E-state index in [1.54, 1.807) is 0 Å². The summed E-state index contributed by atoms with van der Waals surface area (Å²) in [4.78, 5) is 6.98. The van der Waals surface area contributed by atoms with Crippen molar-refractivity contribution in [1.29, 1.82) is 0 Å². The molecule has 1 aliphatic heterocycles. The van der Waals surface area contributed by atoms with Crippen LogP contribution < -0.4 is 5.32 Å². The van der Waals surface area contributed by atoms with Crippen LogP contribution in [-0.2, 0) is 0 Å². The van der Waals surface area contributed by atoms with Gasteiger partial charge in [0.05, 0.1) is 6.04 Å². The first-order chi connectivity index (χ1) is 7.90. The lowest BCUT2D eigenvalue weighted by Crippen LogP contribution is -2.45. The Hall–Kier alpha value is -0.220. The van der Waals surface area contributed by atoms with E-state index in [1.807, 2.05) is 11.8 Å². The van der Waals surface area contributed by atoms with Crippen LogP contribution in [0, 0.1) is 11.8 Å². The molecular formula is C13H27N3S. The van der Waals surface area contributed by atoms with Gasteiger partial charge in [-0.2, -0.15) is 0 Å². The van der Waals surface area contributed by atoms with Crippen molar-refractivity contribution in [2.45, 2.75) is 39.8 Å². The summed E-state index contributed by atoms with van der Waals surface area (Å²) < 4.78 is 0. The molecule has 0 aromatic carbocycles. The molecule has 0 amide bonds. The molecule has 0 bridgehead atoms. The van der Waals surface area contributed by atoms with Gasteiger partial charge in [0.15, 0.2) is 5.17 Å². The maximum Gasteiger partial charge on any atom is 0.157 e. The zero-order chi connectivity index (χ0) is 13.0. The standard InChI is InChI=1S/C13H27N3S/c1-9(2)12(7-16(5)6)15-13-14-11(4)10(3)8-17-13/h9-12H,7-8H2,1-6H3,(H,14,15). The summed E-state index contributed by atoms with van der Waals surface area (Å²) in [5.74, 6) is 2.49. The van der Waals surface area contributed by atoms with Gasteiger partial charge in [-0.1, -0.05) is 32.5 Å². The molecule has 3 unspecified atom stereocenters. The third kappa shape index (κ3) is 4.88. The van der Waals surface area contributed by atoms with Crippen LogP contribution in [-0.4, -0.2) is 48.5 Å². The molecule has 0 fully saturated rings. The van der Waals surface area contributed by atoms with Gasteiger partial charge in [0.1, 0.15) is 0 Å². The van der Waals surface area contributed by atoms with E-state index in [1.165, 1.54) is 5.75 Å². The average molecular weight is 257 g/mol. The van der Waals surface area contributed by atoms with Gasteiger partial charge in [-0.05, 0) is 32.9 Å². The highest BCUT2D eigenvalue weighted by atomic mass is 32.2. The van der Waals surface area contributed by atoms with Crippen molar-refractivity contribution in [3.63, 3.8) is 0 Å². The van der Waals surface area contributed by atoms with Gasteiger partial charge < -0.3 is 10.2 Å². The lowest BCUT2D eigenvalue weighted by Gasteiger charge is -2.30. The number of nitrogens with one attached hydrogen (secondary N) is 1. The van der Waals surface area contributed by atoms with Crippen molar-refractivity contribution in [3.05, 3.63) is 0 Å². The van der Waals surface area contributed by atoms with E-state index in [2.05, 4.69) is 52.0 Å². The minimum absolute atomic E-state index is 0.450. The quantitative estimate of drug-likeness (QED) is 0.837. The van der Waals surface area contributed by atoms with Crippen LogP contribution in [0.2, 0.25) is 0 Å². The molecule has 100 valence electrons. The van der Waals surface area contributed by atoms with Crippen LogP contribution in [0.5, 0.6) is 0 Å². The molecule has 0 saturated heterocycles. The van der Waals surface area contributed by atoms with Gasteiger partial charge in [0.25, 0.3) is 0 Å². The SMILES string of the molecule is CC(C)C(CN(C)C)NC1=NC(C)C(C)CS1. The molecule has 0 radical (unpaired) electrons. The Balaban J connectivity index is 2.58. The minimum atomic E-state index is 0.450. The predicted octanol–water partition coefficient (Wildman–Crippen LogP) is 2.29. The van der Waals surface area contributed by atoms with Crippen molar-refractivity contribution in [1.82, 2.24) is 10.2 Å². The van der Waals surface area contributed by atoms with E-state index in [-0.39, 0.29) is 0 Å². The van der Waals surface area contributed by atoms with Crippen molar-refractivity contribution in [2.24, 2.45) is 16.8 Å². The van der Waals surface area contributed by atoms with Crippen molar-refractivity contribution >= 4 is 16.9 Å². The van der Waals surface area contributed by atoms with Crippen molar-refractivity contribution < 1.29 is 0 Å². The molecule has 3 atom stereocenters. The molecule has 1 rings (SSSR count). The topological polar surface area (TPSA) is 27.6 Å². The summed E-state index contributed by atoms with van der Waals surface area (Å²) in [6.45, 7) is 10.1. The monoisotopic (exact) mass is 257 g/mol. The molecule has 1 N–H and O–H groups in total. The fraction of sp³-hybridized carbons (Fsp3) is 0.923. The molecule has 0 aromatic heterocycles. The molecule has 1 heterocycles. The van der Waals surface area contributed by atoms with Gasteiger partial charge in [0.2, 0.25) is 0 Å². The normalized spacial score (nSPS) is 27.2. The average Bonchev–Trinajstić information content (AvgIpc) is 2.21. The van der Waals surface area contributed by atoms with Crippen LogP contribution >= 0.6 is 11.8 Å². The Morgan fingerprint density at radius 3 is 2.53 bits per heavy atom. The summed E-state index contributed by atoms with van der Waals surface area (Å²) in [6.07, 6.45) is 0. The summed E-state index contributed by atoms with van der Waals surface area (Å²) in [5, 5.41) is 4.74. The molecular weight excluding hydrogens is 230 g/mol. The smallest absolute Gasteiger partial charge is 0.157 e. The Labute approximate surface area is 110 Å². The lowest BCUT2D eigenvalue weighted by atomic mass is 10.0. The van der Waals surface area contributed by atoms with Gasteiger partial charge in [-0.25, -0.2) is 0 Å². The lowest BCUT2D eigenvalue weighted by molar-refractivity contribution is 0.313. The largest absolute Gasteiger partial charge is 0.361 e. The zero-order valence-electron chi connectivity index (χ0n) is 12.0. The van der Waals surface area contributed by atoms with Crippen molar-refractivity contribution in [3.8, 4) is 0 Å². The summed E-state index contributed by atoms with van der Waals surface area (Å²) in [6, 6.07) is 0.933. The van der Waals surface area contributed by atoms with Gasteiger partial charge >= 0.3 is 0 Å². The van der Waals surface area contributed by atoms with E-state index in [4.69, 9.17) is 4.99 Å². The number of amidine groups is 1. The Kier molecular flexibility index (Phi) is 5.80. The van der Waals surface area contributed by atoms with E-state index >= 15 is 0 Å². The molecule has 4 heteroatoms. The molecule has 0 saturated carbocycles. The maximum atomic E-state index is 4.74.